The van der Waals surface area contributed by atoms with Gasteiger partial charge in [-0.05, 0) is 6.92 Å². The van der Waals surface area contributed by atoms with Gasteiger partial charge in [0.25, 0.3) is 0 Å². The molecule has 0 radical (unpaired) electrons. The van der Waals surface area contributed by atoms with Crippen LogP contribution < -0.4 is 10.6 Å². The van der Waals surface area contributed by atoms with Crippen molar-refractivity contribution in [3.05, 3.63) is 0 Å². The Morgan fingerprint density at radius 2 is 2.00 bits per heavy atom. The summed E-state index contributed by atoms with van der Waals surface area (Å²) >= 11 is 0. The average Bonchev–Trinajstić information content (AvgIpc) is 2.24. The highest BCUT2D eigenvalue weighted by Crippen LogP contribution is 1.83. The third-order valence-electron chi connectivity index (χ3n) is 1.84. The zero-order valence-electron chi connectivity index (χ0n) is 10.0. The van der Waals surface area contributed by atoms with E-state index in [1.807, 2.05) is 6.92 Å². The van der Waals surface area contributed by atoms with Gasteiger partial charge >= 0.3 is 5.97 Å². The number of ether oxygens (including phenoxy) is 2. The predicted molar refractivity (Wildman–Crippen MR) is 59.0 cm³/mol. The van der Waals surface area contributed by atoms with Crippen LogP contribution in [0.4, 0.5) is 0 Å². The number of methoxy groups -OCH3 is 2. The Bertz CT molecular complexity index is 221. The molecule has 1 unspecified atom stereocenters. The largest absolute Gasteiger partial charge is 0.469 e. The molecule has 2 N–H and O–H groups in total. The summed E-state index contributed by atoms with van der Waals surface area (Å²) in [4.78, 5) is 22.0. The molecule has 0 aromatic carbocycles. The second-order valence-electron chi connectivity index (χ2n) is 3.43. The smallest absolute Gasteiger partial charge is 0.306 e. The fraction of sp³-hybridized carbons (Fsp3) is 0.800. The van der Waals surface area contributed by atoms with Gasteiger partial charge in [-0.25, -0.2) is 0 Å². The molecule has 0 heterocycles. The molecule has 0 aliphatic carbocycles. The highest BCUT2D eigenvalue weighted by molar-refractivity contribution is 5.78. The molecule has 6 nitrogen and oxygen atoms in total. The lowest BCUT2D eigenvalue weighted by atomic mass is 10.3. The van der Waals surface area contributed by atoms with Crippen LogP contribution in [-0.2, 0) is 19.1 Å². The first-order valence-corrected chi connectivity index (χ1v) is 5.16. The van der Waals surface area contributed by atoms with E-state index in [0.717, 1.165) is 0 Å². The fourth-order valence-corrected chi connectivity index (χ4v) is 1.11. The molecule has 0 saturated heterocycles. The van der Waals surface area contributed by atoms with E-state index >= 15 is 0 Å². The SMILES string of the molecule is COCC(C)NC(=O)CNCCC(=O)OC. The minimum Gasteiger partial charge on any atom is -0.469 e. The zero-order chi connectivity index (χ0) is 12.4. The van der Waals surface area contributed by atoms with Crippen LogP contribution in [0.15, 0.2) is 0 Å². The summed E-state index contributed by atoms with van der Waals surface area (Å²) in [6, 6.07) is -0.0140. The lowest BCUT2D eigenvalue weighted by molar-refractivity contribution is -0.140. The molecule has 1 atom stereocenters. The Morgan fingerprint density at radius 3 is 2.56 bits per heavy atom. The summed E-state index contributed by atoms with van der Waals surface area (Å²) in [5, 5.41) is 5.58. The van der Waals surface area contributed by atoms with E-state index in [0.29, 0.717) is 13.2 Å². The first-order chi connectivity index (χ1) is 7.60. The third-order valence-corrected chi connectivity index (χ3v) is 1.84. The van der Waals surface area contributed by atoms with Crippen molar-refractivity contribution in [3.8, 4) is 0 Å². The molecule has 0 aromatic heterocycles. The summed E-state index contributed by atoms with van der Waals surface area (Å²) in [5.41, 5.74) is 0. The van der Waals surface area contributed by atoms with Crippen molar-refractivity contribution in [3.63, 3.8) is 0 Å². The van der Waals surface area contributed by atoms with Gasteiger partial charge in [0.15, 0.2) is 0 Å². The number of amides is 1. The van der Waals surface area contributed by atoms with Gasteiger partial charge in [-0.3, -0.25) is 9.59 Å². The Kier molecular flexibility index (Phi) is 8.46. The van der Waals surface area contributed by atoms with Crippen molar-refractivity contribution in [2.75, 3.05) is 33.9 Å². The van der Waals surface area contributed by atoms with Gasteiger partial charge in [-0.2, -0.15) is 0 Å². The Morgan fingerprint density at radius 1 is 1.31 bits per heavy atom. The minimum atomic E-state index is -0.291. The van der Waals surface area contributed by atoms with Crippen molar-refractivity contribution >= 4 is 11.9 Å². The van der Waals surface area contributed by atoms with Gasteiger partial charge < -0.3 is 20.1 Å². The Balaban J connectivity index is 3.47. The van der Waals surface area contributed by atoms with Crippen molar-refractivity contribution < 1.29 is 19.1 Å². The first-order valence-electron chi connectivity index (χ1n) is 5.16. The van der Waals surface area contributed by atoms with Gasteiger partial charge in [-0.1, -0.05) is 0 Å². The van der Waals surface area contributed by atoms with Crippen LogP contribution in [0.3, 0.4) is 0 Å². The topological polar surface area (TPSA) is 76.7 Å². The van der Waals surface area contributed by atoms with Crippen LogP contribution in [0.1, 0.15) is 13.3 Å². The molecular weight excluding hydrogens is 212 g/mol. The van der Waals surface area contributed by atoms with Crippen molar-refractivity contribution in [2.45, 2.75) is 19.4 Å². The number of carbonyl (C=O) groups excluding carboxylic acids is 2. The third kappa shape index (κ3) is 8.19. The minimum absolute atomic E-state index is 0.0140. The first kappa shape index (κ1) is 14.9. The second-order valence-corrected chi connectivity index (χ2v) is 3.43. The molecule has 0 aliphatic heterocycles. The molecule has 0 saturated carbocycles. The van der Waals surface area contributed by atoms with Gasteiger partial charge in [-0.15, -0.1) is 0 Å². The average molecular weight is 232 g/mol. The standard InChI is InChI=1S/C10H20N2O4/c1-8(7-15-2)12-9(13)6-11-5-4-10(14)16-3/h8,11H,4-7H2,1-3H3,(H,12,13). The van der Waals surface area contributed by atoms with Gasteiger partial charge in [0, 0.05) is 19.7 Å². The van der Waals surface area contributed by atoms with Crippen LogP contribution in [0, 0.1) is 0 Å². The predicted octanol–water partition coefficient (Wildman–Crippen LogP) is -0.710. The molecule has 16 heavy (non-hydrogen) atoms. The van der Waals surface area contributed by atoms with Gasteiger partial charge in [0.1, 0.15) is 0 Å². The number of nitrogens with one attached hydrogen (secondary N) is 2. The zero-order valence-corrected chi connectivity index (χ0v) is 10.0. The van der Waals surface area contributed by atoms with E-state index in [-0.39, 0.29) is 30.9 Å². The number of rotatable bonds is 8. The van der Waals surface area contributed by atoms with Crippen LogP contribution in [0.25, 0.3) is 0 Å². The van der Waals surface area contributed by atoms with Crippen molar-refractivity contribution in [2.24, 2.45) is 0 Å². The quantitative estimate of drug-likeness (QED) is 0.427. The van der Waals surface area contributed by atoms with Crippen LogP contribution >= 0.6 is 0 Å². The Labute approximate surface area is 95.7 Å². The lowest BCUT2D eigenvalue weighted by Crippen LogP contribution is -2.41. The lowest BCUT2D eigenvalue weighted by Gasteiger charge is -2.12. The number of hydrogen-bond donors (Lipinski definition) is 2. The molecule has 0 aromatic rings. The van der Waals surface area contributed by atoms with E-state index < -0.39 is 0 Å². The molecule has 1 amide bonds. The molecule has 0 spiro atoms. The summed E-state index contributed by atoms with van der Waals surface area (Å²) in [6.45, 7) is 2.95. The molecule has 0 aliphatic rings. The number of hydrogen-bond acceptors (Lipinski definition) is 5. The summed E-state index contributed by atoms with van der Waals surface area (Å²) in [6.07, 6.45) is 0.261. The molecule has 0 fully saturated rings. The van der Waals surface area contributed by atoms with Crippen LogP contribution in [0.2, 0.25) is 0 Å². The number of esters is 1. The van der Waals surface area contributed by atoms with E-state index in [9.17, 15) is 9.59 Å². The van der Waals surface area contributed by atoms with E-state index in [4.69, 9.17) is 4.74 Å². The molecule has 94 valence electrons. The summed E-state index contributed by atoms with van der Waals surface area (Å²) in [7, 11) is 2.92. The van der Waals surface area contributed by atoms with Crippen LogP contribution in [0.5, 0.6) is 0 Å². The fourth-order valence-electron chi connectivity index (χ4n) is 1.11. The maximum Gasteiger partial charge on any atom is 0.306 e. The molecular formula is C10H20N2O4. The van der Waals surface area contributed by atoms with E-state index in [1.165, 1.54) is 7.11 Å². The highest BCUT2D eigenvalue weighted by atomic mass is 16.5. The maximum atomic E-state index is 11.3. The monoisotopic (exact) mass is 232 g/mol. The molecule has 0 bridgehead atoms. The maximum absolute atomic E-state index is 11.3. The van der Waals surface area contributed by atoms with Gasteiger partial charge in [0.2, 0.25) is 5.91 Å². The second kappa shape index (κ2) is 9.11. The summed E-state index contributed by atoms with van der Waals surface area (Å²) < 4.78 is 9.34. The van der Waals surface area contributed by atoms with E-state index in [2.05, 4.69) is 15.4 Å². The van der Waals surface area contributed by atoms with Crippen LogP contribution in [-0.4, -0.2) is 51.8 Å². The Hall–Kier alpha value is -1.14. The molecule has 0 rings (SSSR count). The highest BCUT2D eigenvalue weighted by Gasteiger charge is 2.06. The number of carbonyl (C=O) groups is 2. The van der Waals surface area contributed by atoms with Crippen molar-refractivity contribution in [1.82, 2.24) is 10.6 Å². The van der Waals surface area contributed by atoms with Crippen molar-refractivity contribution in [1.29, 1.82) is 0 Å². The summed E-state index contributed by atoms with van der Waals surface area (Å²) in [5.74, 6) is -0.407. The normalized spacial score (nSPS) is 11.9. The molecule has 6 heteroatoms. The van der Waals surface area contributed by atoms with E-state index in [1.54, 1.807) is 7.11 Å². The van der Waals surface area contributed by atoms with Gasteiger partial charge in [0.05, 0.1) is 26.7 Å².